The predicted molar refractivity (Wildman–Crippen MR) is 106 cm³/mol. The lowest BCUT2D eigenvalue weighted by atomic mass is 9.96. The Kier molecular flexibility index (Phi) is 5.49. The molecule has 3 aromatic rings. The number of amides is 1. The molecular weight excluding hydrogens is 404 g/mol. The molecule has 1 aromatic carbocycles. The maximum Gasteiger partial charge on any atom is 0.225 e. The number of halogens is 2. The number of aryl methyl sites for hydroxylation is 1. The minimum absolute atomic E-state index is 0.0609. The van der Waals surface area contributed by atoms with Gasteiger partial charge in [-0.25, -0.2) is 18.7 Å². The second kappa shape index (κ2) is 7.56. The van der Waals surface area contributed by atoms with E-state index in [4.69, 9.17) is 0 Å². The summed E-state index contributed by atoms with van der Waals surface area (Å²) in [5.74, 6) is -3.12. The molecule has 0 saturated heterocycles. The largest absolute Gasteiger partial charge is 0.503 e. The van der Waals surface area contributed by atoms with Gasteiger partial charge in [0.1, 0.15) is 10.0 Å². The highest BCUT2D eigenvalue weighted by Crippen LogP contribution is 2.35. The van der Waals surface area contributed by atoms with Crippen LogP contribution in [0.3, 0.4) is 0 Å². The van der Waals surface area contributed by atoms with Gasteiger partial charge in [0.25, 0.3) is 0 Å². The van der Waals surface area contributed by atoms with Gasteiger partial charge in [0.15, 0.2) is 17.4 Å². The highest BCUT2D eigenvalue weighted by atomic mass is 32.1. The summed E-state index contributed by atoms with van der Waals surface area (Å²) < 4.78 is 27.2. The molecule has 2 heterocycles. The number of phenolic OH excluding ortho intramolecular Hbond substituents is 1. The first kappa shape index (κ1) is 20.3. The van der Waals surface area contributed by atoms with Gasteiger partial charge in [-0.1, -0.05) is 20.8 Å². The summed E-state index contributed by atoms with van der Waals surface area (Å²) in [6, 6.07) is 2.10. The minimum Gasteiger partial charge on any atom is -0.503 e. The van der Waals surface area contributed by atoms with Gasteiger partial charge in [-0.15, -0.1) is 22.7 Å². The molecule has 0 spiro atoms. The third kappa shape index (κ3) is 4.20. The minimum atomic E-state index is -1.03. The van der Waals surface area contributed by atoms with Crippen LogP contribution in [0.4, 0.5) is 8.78 Å². The molecule has 1 amide bonds. The Labute approximate surface area is 169 Å². The zero-order valence-corrected chi connectivity index (χ0v) is 17.4. The van der Waals surface area contributed by atoms with Crippen molar-refractivity contribution in [3.63, 3.8) is 0 Å². The summed E-state index contributed by atoms with van der Waals surface area (Å²) in [7, 11) is 0. The van der Waals surface area contributed by atoms with E-state index in [0.29, 0.717) is 17.2 Å². The van der Waals surface area contributed by atoms with Crippen LogP contribution in [0.25, 0.3) is 21.1 Å². The fourth-order valence-corrected chi connectivity index (χ4v) is 4.22. The Morgan fingerprint density at radius 3 is 2.46 bits per heavy atom. The topological polar surface area (TPSA) is 75.1 Å². The van der Waals surface area contributed by atoms with Crippen LogP contribution in [0.2, 0.25) is 0 Å². The second-order valence-corrected chi connectivity index (χ2v) is 9.22. The Morgan fingerprint density at radius 1 is 1.21 bits per heavy atom. The number of aromatic nitrogens is 2. The number of rotatable bonds is 4. The van der Waals surface area contributed by atoms with E-state index >= 15 is 0 Å². The molecule has 148 valence electrons. The molecule has 0 saturated carbocycles. The zero-order valence-electron chi connectivity index (χ0n) is 15.8. The average Bonchev–Trinajstić information content (AvgIpc) is 3.22. The highest BCUT2D eigenvalue weighted by molar-refractivity contribution is 7.16. The summed E-state index contributed by atoms with van der Waals surface area (Å²) in [5, 5.41) is 15.1. The SMILES string of the molecule is Cc1nc(CNC(=O)C(C)(C)C)sc1-c1csc(-c2cc(F)c(O)c(F)c2)n1. The number of thiazole rings is 2. The first-order valence-corrected chi connectivity index (χ1v) is 10.1. The van der Waals surface area contributed by atoms with E-state index in [0.717, 1.165) is 27.7 Å². The van der Waals surface area contributed by atoms with Gasteiger partial charge in [-0.05, 0) is 19.1 Å². The van der Waals surface area contributed by atoms with Crippen LogP contribution in [0.1, 0.15) is 31.5 Å². The fraction of sp³-hybridized carbons (Fsp3) is 0.316. The molecule has 0 atom stereocenters. The van der Waals surface area contributed by atoms with Crippen molar-refractivity contribution in [3.8, 4) is 26.9 Å². The monoisotopic (exact) mass is 423 g/mol. The van der Waals surface area contributed by atoms with Crippen molar-refractivity contribution in [2.45, 2.75) is 34.2 Å². The molecule has 2 N–H and O–H groups in total. The van der Waals surface area contributed by atoms with E-state index in [1.807, 2.05) is 27.7 Å². The predicted octanol–water partition coefficient (Wildman–Crippen LogP) is 4.89. The second-order valence-electron chi connectivity index (χ2n) is 7.28. The number of nitrogens with one attached hydrogen (secondary N) is 1. The molecule has 0 radical (unpaired) electrons. The molecule has 5 nitrogen and oxygen atoms in total. The van der Waals surface area contributed by atoms with Crippen molar-refractivity contribution in [2.75, 3.05) is 0 Å². The van der Waals surface area contributed by atoms with Crippen molar-refractivity contribution < 1.29 is 18.7 Å². The molecular formula is C19H19F2N3O2S2. The number of hydrogen-bond acceptors (Lipinski definition) is 6. The first-order valence-electron chi connectivity index (χ1n) is 8.45. The molecule has 3 rings (SSSR count). The maximum atomic E-state index is 13.6. The lowest BCUT2D eigenvalue weighted by Gasteiger charge is -2.16. The number of nitrogens with zero attached hydrogens (tertiary/aromatic N) is 2. The number of phenols is 1. The van der Waals surface area contributed by atoms with Crippen LogP contribution in [0, 0.1) is 24.0 Å². The van der Waals surface area contributed by atoms with Gasteiger partial charge in [-0.2, -0.15) is 0 Å². The maximum absolute atomic E-state index is 13.6. The summed E-state index contributed by atoms with van der Waals surface area (Å²) in [6.45, 7) is 7.69. The molecule has 0 bridgehead atoms. The molecule has 0 aliphatic rings. The summed E-state index contributed by atoms with van der Waals surface area (Å²) >= 11 is 2.66. The average molecular weight is 424 g/mol. The van der Waals surface area contributed by atoms with Gasteiger partial charge in [0, 0.05) is 16.4 Å². The fourth-order valence-electron chi connectivity index (χ4n) is 2.39. The molecule has 9 heteroatoms. The Bertz CT molecular complexity index is 1020. The first-order chi connectivity index (χ1) is 13.1. The molecule has 0 aliphatic carbocycles. The van der Waals surface area contributed by atoms with Crippen LogP contribution in [-0.2, 0) is 11.3 Å². The summed E-state index contributed by atoms with van der Waals surface area (Å²) in [5.41, 5.74) is 1.19. The number of carbonyl (C=O) groups excluding carboxylic acids is 1. The molecule has 0 aliphatic heterocycles. The van der Waals surface area contributed by atoms with Crippen LogP contribution in [-0.4, -0.2) is 21.0 Å². The Hall–Kier alpha value is -2.39. The van der Waals surface area contributed by atoms with Crippen LogP contribution in [0.15, 0.2) is 17.5 Å². The molecule has 2 aromatic heterocycles. The van der Waals surface area contributed by atoms with Crippen molar-refractivity contribution in [1.29, 1.82) is 0 Å². The van der Waals surface area contributed by atoms with Crippen LogP contribution < -0.4 is 5.32 Å². The zero-order chi connectivity index (χ0) is 20.6. The Morgan fingerprint density at radius 2 is 1.86 bits per heavy atom. The lowest BCUT2D eigenvalue weighted by Crippen LogP contribution is -2.34. The van der Waals surface area contributed by atoms with Gasteiger partial charge in [-0.3, -0.25) is 4.79 Å². The van der Waals surface area contributed by atoms with E-state index in [1.54, 1.807) is 5.38 Å². The van der Waals surface area contributed by atoms with E-state index in [1.165, 1.54) is 22.7 Å². The van der Waals surface area contributed by atoms with E-state index < -0.39 is 22.8 Å². The Balaban J connectivity index is 1.82. The molecule has 0 unspecified atom stereocenters. The summed E-state index contributed by atoms with van der Waals surface area (Å²) in [6.07, 6.45) is 0. The quantitative estimate of drug-likeness (QED) is 0.627. The lowest BCUT2D eigenvalue weighted by molar-refractivity contribution is -0.128. The number of aromatic hydroxyl groups is 1. The normalized spacial score (nSPS) is 11.6. The van der Waals surface area contributed by atoms with Crippen LogP contribution in [0.5, 0.6) is 5.75 Å². The van der Waals surface area contributed by atoms with Crippen molar-refractivity contribution in [2.24, 2.45) is 5.41 Å². The van der Waals surface area contributed by atoms with E-state index in [2.05, 4.69) is 15.3 Å². The van der Waals surface area contributed by atoms with Gasteiger partial charge < -0.3 is 10.4 Å². The number of hydrogen-bond donors (Lipinski definition) is 2. The number of benzene rings is 1. The number of carbonyl (C=O) groups is 1. The standard InChI is InChI=1S/C19H19F2N3O2S2/c1-9-16(28-14(23-9)7-22-18(26)19(2,3)4)13-8-27-17(24-13)10-5-11(20)15(25)12(21)6-10/h5-6,8,25H,7H2,1-4H3,(H,22,26). The van der Waals surface area contributed by atoms with Crippen molar-refractivity contribution >= 4 is 28.6 Å². The van der Waals surface area contributed by atoms with Crippen molar-refractivity contribution in [1.82, 2.24) is 15.3 Å². The summed E-state index contributed by atoms with van der Waals surface area (Å²) in [4.78, 5) is 21.8. The molecule has 0 fully saturated rings. The van der Waals surface area contributed by atoms with Crippen LogP contribution >= 0.6 is 22.7 Å². The van der Waals surface area contributed by atoms with E-state index in [9.17, 15) is 18.7 Å². The van der Waals surface area contributed by atoms with Gasteiger partial charge in [0.05, 0.1) is 22.8 Å². The third-order valence-electron chi connectivity index (χ3n) is 3.92. The van der Waals surface area contributed by atoms with Gasteiger partial charge >= 0.3 is 0 Å². The van der Waals surface area contributed by atoms with Crippen molar-refractivity contribution in [3.05, 3.63) is 39.8 Å². The highest BCUT2D eigenvalue weighted by Gasteiger charge is 2.22. The third-order valence-corrected chi connectivity index (χ3v) is 5.99. The van der Waals surface area contributed by atoms with Gasteiger partial charge in [0.2, 0.25) is 5.91 Å². The van der Waals surface area contributed by atoms with E-state index in [-0.39, 0.29) is 11.5 Å². The smallest absolute Gasteiger partial charge is 0.225 e. The molecule has 28 heavy (non-hydrogen) atoms.